The number of halogens is 3. The highest BCUT2D eigenvalue weighted by Crippen LogP contribution is 2.48. The highest BCUT2D eigenvalue weighted by atomic mass is 19.4. The van der Waals surface area contributed by atoms with Crippen molar-refractivity contribution in [3.8, 4) is 33.5 Å². The van der Waals surface area contributed by atoms with Gasteiger partial charge in [0.15, 0.2) is 0 Å². The van der Waals surface area contributed by atoms with E-state index in [-0.39, 0.29) is 56.3 Å². The number of para-hydroxylation sites is 1. The Kier molecular flexibility index (Phi) is 5.18. The fraction of sp³-hybridized carbons (Fsp3) is 0.275. The average Bonchev–Trinajstić information content (AvgIpc) is 3.45. The number of hydrogen-bond acceptors (Lipinski definition) is 2. The van der Waals surface area contributed by atoms with E-state index in [1.54, 1.807) is 75.4 Å². The topological polar surface area (TPSA) is 26.0 Å². The van der Waals surface area contributed by atoms with Crippen LogP contribution in [0.1, 0.15) is 69.2 Å². The summed E-state index contributed by atoms with van der Waals surface area (Å²) >= 11 is 0. The van der Waals surface area contributed by atoms with Crippen LogP contribution in [0, 0.1) is 19.1 Å². The molecule has 2 heterocycles. The number of nitrogens with zero attached hydrogens (tertiary/aromatic N) is 1. The van der Waals surface area contributed by atoms with Gasteiger partial charge in [-0.05, 0) is 90.4 Å². The van der Waals surface area contributed by atoms with Crippen LogP contribution >= 0.6 is 0 Å². The van der Waals surface area contributed by atoms with Crippen molar-refractivity contribution in [1.82, 2.24) is 4.98 Å². The summed E-state index contributed by atoms with van der Waals surface area (Å²) in [4.78, 5) is 4.47. The summed E-state index contributed by atoms with van der Waals surface area (Å²) in [5, 5.41) is 1.09. The van der Waals surface area contributed by atoms with Gasteiger partial charge in [-0.15, -0.1) is 0 Å². The first-order valence-electron chi connectivity index (χ1n) is 19.0. The number of pyridine rings is 1. The van der Waals surface area contributed by atoms with Crippen LogP contribution in [-0.2, 0) is 11.8 Å². The summed E-state index contributed by atoms with van der Waals surface area (Å²) in [6.07, 6.45) is -5.55. The fourth-order valence-corrected chi connectivity index (χ4v) is 5.66. The molecule has 0 aliphatic heterocycles. The van der Waals surface area contributed by atoms with Gasteiger partial charge in [-0.3, -0.25) is 4.98 Å². The van der Waals surface area contributed by atoms with Gasteiger partial charge in [-0.2, -0.15) is 13.2 Å². The molecular formula is C40H38F3NO. The Labute approximate surface area is 275 Å². The molecule has 6 rings (SSSR count). The quantitative estimate of drug-likeness (QED) is 0.193. The van der Waals surface area contributed by atoms with Gasteiger partial charge in [0.2, 0.25) is 0 Å². The molecule has 2 aromatic heterocycles. The second-order valence-corrected chi connectivity index (χ2v) is 12.8. The van der Waals surface area contributed by atoms with Gasteiger partial charge in [-0.25, -0.2) is 0 Å². The van der Waals surface area contributed by atoms with Crippen molar-refractivity contribution in [1.29, 1.82) is 0 Å². The second-order valence-electron chi connectivity index (χ2n) is 12.8. The lowest BCUT2D eigenvalue weighted by Crippen LogP contribution is -2.36. The molecule has 0 saturated carbocycles. The van der Waals surface area contributed by atoms with Gasteiger partial charge in [0.05, 0.1) is 12.5 Å². The maximum absolute atomic E-state index is 14.5. The molecule has 0 aliphatic carbocycles. The highest BCUT2D eigenvalue weighted by molar-refractivity contribution is 6.13. The van der Waals surface area contributed by atoms with Crippen molar-refractivity contribution >= 4 is 21.9 Å². The monoisotopic (exact) mass is 614 g/mol. The van der Waals surface area contributed by atoms with Crippen LogP contribution in [0.5, 0.6) is 0 Å². The highest BCUT2D eigenvalue weighted by Gasteiger charge is 2.50. The lowest BCUT2D eigenvalue weighted by atomic mass is 9.78. The van der Waals surface area contributed by atoms with Crippen LogP contribution in [0.25, 0.3) is 55.4 Å². The average molecular weight is 615 g/mol. The van der Waals surface area contributed by atoms with Crippen molar-refractivity contribution in [2.24, 2.45) is 5.41 Å². The third kappa shape index (κ3) is 5.54. The molecule has 0 radical (unpaired) electrons. The molecule has 5 heteroatoms. The number of furan rings is 1. The molecule has 0 N–H and O–H groups in total. The minimum Gasteiger partial charge on any atom is -0.455 e. The van der Waals surface area contributed by atoms with E-state index in [2.05, 4.69) is 4.98 Å². The molecule has 230 valence electrons. The number of hydrogen-bond donors (Lipinski definition) is 0. The zero-order chi connectivity index (χ0) is 40.0. The van der Waals surface area contributed by atoms with Crippen LogP contribution < -0.4 is 0 Å². The number of aromatic nitrogens is 1. The predicted molar refractivity (Wildman–Crippen MR) is 180 cm³/mol. The first-order valence-corrected chi connectivity index (χ1v) is 14.5. The molecule has 0 bridgehead atoms. The molecule has 6 aromatic rings. The lowest BCUT2D eigenvalue weighted by Gasteiger charge is -2.30. The Morgan fingerprint density at radius 3 is 2.20 bits per heavy atom. The smallest absolute Gasteiger partial charge is 0.397 e. The molecule has 0 amide bonds. The maximum Gasteiger partial charge on any atom is 0.397 e. The van der Waals surface area contributed by atoms with Crippen LogP contribution in [0.3, 0.4) is 0 Å². The number of rotatable bonds is 5. The maximum atomic E-state index is 14.5. The van der Waals surface area contributed by atoms with Gasteiger partial charge < -0.3 is 4.42 Å². The summed E-state index contributed by atoms with van der Waals surface area (Å²) in [5.74, 6) is 0. The molecular weight excluding hydrogens is 567 g/mol. The number of fused-ring (bicyclic) bond motifs is 3. The molecule has 4 aromatic carbocycles. The molecule has 0 atom stereocenters. The Balaban J connectivity index is 1.67. The first kappa shape index (κ1) is 21.4. The third-order valence-corrected chi connectivity index (χ3v) is 8.02. The summed E-state index contributed by atoms with van der Waals surface area (Å²) in [6.45, 7) is 1.52. The normalized spacial score (nSPS) is 16.6. The van der Waals surface area contributed by atoms with E-state index >= 15 is 0 Å². The van der Waals surface area contributed by atoms with Gasteiger partial charge >= 0.3 is 6.18 Å². The van der Waals surface area contributed by atoms with E-state index in [0.717, 1.165) is 20.0 Å². The van der Waals surface area contributed by atoms with Crippen LogP contribution in [0.4, 0.5) is 13.2 Å². The molecule has 0 unspecified atom stereocenters. The number of aryl methyl sites for hydroxylation is 2. The van der Waals surface area contributed by atoms with Crippen molar-refractivity contribution in [3.63, 3.8) is 0 Å². The molecule has 0 fully saturated rings. The molecule has 0 aliphatic rings. The van der Waals surface area contributed by atoms with Crippen molar-refractivity contribution < 1.29 is 29.9 Å². The van der Waals surface area contributed by atoms with Crippen molar-refractivity contribution in [3.05, 3.63) is 113 Å². The van der Waals surface area contributed by atoms with Gasteiger partial charge in [0.1, 0.15) is 11.2 Å². The largest absolute Gasteiger partial charge is 0.455 e. The summed E-state index contributed by atoms with van der Waals surface area (Å²) in [5.41, 5.74) is -2.54. The summed E-state index contributed by atoms with van der Waals surface area (Å²) < 4.78 is 127. The Hall–Kier alpha value is -4.38. The standard InChI is InChI=1S/C40H38F3NO/c1-24-20-26(22-38(3,4)5)16-17-28(24)32-21-34(44-23-25(32)2)31-15-11-14-29-30-18-19-33(39(6,7)40(41,42)43)35(37(30)45-36(29)31)27-12-9-8-10-13-27/h8-21,23H,22H2,1-7H3/i1D3,2D3,17D,22D2. The molecule has 0 spiro atoms. The van der Waals surface area contributed by atoms with Crippen molar-refractivity contribution in [2.45, 2.75) is 66.3 Å². The minimum absolute atomic E-state index is 0.0104. The first-order chi connectivity index (χ1) is 24.8. The zero-order valence-electron chi connectivity index (χ0n) is 34.6. The Bertz CT molecular complexity index is 2400. The number of benzene rings is 4. The second kappa shape index (κ2) is 10.9. The van der Waals surface area contributed by atoms with E-state index in [0.29, 0.717) is 21.9 Å². The van der Waals surface area contributed by atoms with E-state index in [9.17, 15) is 13.2 Å². The van der Waals surface area contributed by atoms with Gasteiger partial charge in [0.25, 0.3) is 0 Å². The minimum atomic E-state index is -4.59. The van der Waals surface area contributed by atoms with E-state index in [1.165, 1.54) is 24.3 Å². The third-order valence-electron chi connectivity index (χ3n) is 8.02. The number of alkyl halides is 3. The van der Waals surface area contributed by atoms with Crippen LogP contribution in [-0.4, -0.2) is 11.2 Å². The van der Waals surface area contributed by atoms with Crippen LogP contribution in [0.15, 0.2) is 95.5 Å². The van der Waals surface area contributed by atoms with Crippen molar-refractivity contribution in [2.75, 3.05) is 0 Å². The Morgan fingerprint density at radius 2 is 1.51 bits per heavy atom. The molecule has 0 saturated heterocycles. The SMILES string of the molecule is [2H]c1cc(C([2H])([2H])C(C)(C)C)cc(C([2H])([2H])[2H])c1-c1cc(-c2cccc3c2oc2c(-c4ccccc4)c(C(C)(C)C(F)(F)F)ccc23)ncc1C([2H])([2H])[2H]. The van der Waals surface area contributed by atoms with E-state index < -0.39 is 42.6 Å². The van der Waals surface area contributed by atoms with E-state index in [1.807, 2.05) is 0 Å². The van der Waals surface area contributed by atoms with E-state index in [4.69, 9.17) is 16.8 Å². The fourth-order valence-electron chi connectivity index (χ4n) is 5.66. The Morgan fingerprint density at radius 1 is 0.778 bits per heavy atom. The van der Waals surface area contributed by atoms with Gasteiger partial charge in [-0.1, -0.05) is 93.5 Å². The summed E-state index contributed by atoms with van der Waals surface area (Å²) in [7, 11) is 0. The lowest BCUT2D eigenvalue weighted by molar-refractivity contribution is -0.180. The molecule has 45 heavy (non-hydrogen) atoms. The van der Waals surface area contributed by atoms with Crippen LogP contribution in [0.2, 0.25) is 0 Å². The van der Waals surface area contributed by atoms with Gasteiger partial charge in [0, 0.05) is 39.1 Å². The predicted octanol–water partition coefficient (Wildman–Crippen LogP) is 12.0. The zero-order valence-corrected chi connectivity index (χ0v) is 25.6. The summed E-state index contributed by atoms with van der Waals surface area (Å²) in [6, 6.07) is 20.2. The molecule has 2 nitrogen and oxygen atoms in total.